The standard InChI is InChI=1S/C16H20N2/c1-3-5-13-7-9-14(10-8-13)16(17-2)15-6-4-11-18-12-15/h4,6-12,16-17H,3,5H2,1-2H3. The van der Waals surface area contributed by atoms with Crippen LogP contribution in [0.15, 0.2) is 48.8 Å². The van der Waals surface area contributed by atoms with E-state index in [0.717, 1.165) is 6.42 Å². The number of hydrogen-bond donors (Lipinski definition) is 1. The molecule has 0 fully saturated rings. The summed E-state index contributed by atoms with van der Waals surface area (Å²) in [6.07, 6.45) is 6.07. The van der Waals surface area contributed by atoms with Crippen LogP contribution in [0.4, 0.5) is 0 Å². The zero-order chi connectivity index (χ0) is 12.8. The number of nitrogens with one attached hydrogen (secondary N) is 1. The number of rotatable bonds is 5. The summed E-state index contributed by atoms with van der Waals surface area (Å²) in [4.78, 5) is 4.19. The van der Waals surface area contributed by atoms with Gasteiger partial charge in [0.2, 0.25) is 0 Å². The quantitative estimate of drug-likeness (QED) is 0.867. The maximum Gasteiger partial charge on any atom is 0.0589 e. The first kappa shape index (κ1) is 12.8. The van der Waals surface area contributed by atoms with Crippen LogP contribution >= 0.6 is 0 Å². The minimum absolute atomic E-state index is 0.217. The SMILES string of the molecule is CCCc1ccc(C(NC)c2cccnc2)cc1. The van der Waals surface area contributed by atoms with Crippen LogP contribution in [-0.2, 0) is 6.42 Å². The highest BCUT2D eigenvalue weighted by molar-refractivity contribution is 5.32. The van der Waals surface area contributed by atoms with Gasteiger partial charge < -0.3 is 5.32 Å². The summed E-state index contributed by atoms with van der Waals surface area (Å²) in [7, 11) is 1.98. The van der Waals surface area contributed by atoms with E-state index in [2.05, 4.69) is 47.6 Å². The average molecular weight is 240 g/mol. The molecule has 94 valence electrons. The van der Waals surface area contributed by atoms with Crippen LogP contribution in [-0.4, -0.2) is 12.0 Å². The van der Waals surface area contributed by atoms with Crippen LogP contribution in [0.25, 0.3) is 0 Å². The van der Waals surface area contributed by atoms with Gasteiger partial charge >= 0.3 is 0 Å². The number of pyridine rings is 1. The largest absolute Gasteiger partial charge is 0.309 e. The fourth-order valence-corrected chi connectivity index (χ4v) is 2.24. The number of nitrogens with zero attached hydrogens (tertiary/aromatic N) is 1. The van der Waals surface area contributed by atoms with Gasteiger partial charge in [0, 0.05) is 12.4 Å². The molecule has 0 radical (unpaired) electrons. The van der Waals surface area contributed by atoms with Crippen LogP contribution < -0.4 is 5.32 Å². The van der Waals surface area contributed by atoms with E-state index in [4.69, 9.17) is 0 Å². The van der Waals surface area contributed by atoms with Gasteiger partial charge in [-0.05, 0) is 36.2 Å². The summed E-state index contributed by atoms with van der Waals surface area (Å²) < 4.78 is 0. The molecule has 0 aliphatic rings. The third kappa shape index (κ3) is 2.96. The van der Waals surface area contributed by atoms with E-state index in [1.807, 2.05) is 19.3 Å². The topological polar surface area (TPSA) is 24.9 Å². The lowest BCUT2D eigenvalue weighted by atomic mass is 9.98. The Morgan fingerprint density at radius 2 is 1.89 bits per heavy atom. The highest BCUT2D eigenvalue weighted by atomic mass is 14.9. The molecular weight excluding hydrogens is 220 g/mol. The predicted molar refractivity (Wildman–Crippen MR) is 75.6 cm³/mol. The number of aromatic nitrogens is 1. The second-order valence-corrected chi connectivity index (χ2v) is 4.50. The second kappa shape index (κ2) is 6.31. The molecule has 0 bridgehead atoms. The molecule has 1 heterocycles. The highest BCUT2D eigenvalue weighted by Crippen LogP contribution is 2.21. The molecule has 1 N–H and O–H groups in total. The van der Waals surface area contributed by atoms with E-state index < -0.39 is 0 Å². The van der Waals surface area contributed by atoms with Crippen molar-refractivity contribution in [2.45, 2.75) is 25.8 Å². The van der Waals surface area contributed by atoms with Crippen molar-refractivity contribution in [2.24, 2.45) is 0 Å². The first-order valence-electron chi connectivity index (χ1n) is 6.51. The molecule has 0 saturated carbocycles. The predicted octanol–water partition coefficient (Wildman–Crippen LogP) is 3.34. The van der Waals surface area contributed by atoms with Crippen molar-refractivity contribution in [3.05, 3.63) is 65.5 Å². The molecule has 2 nitrogen and oxygen atoms in total. The van der Waals surface area contributed by atoms with E-state index in [9.17, 15) is 0 Å². The summed E-state index contributed by atoms with van der Waals surface area (Å²) in [5.41, 5.74) is 3.89. The summed E-state index contributed by atoms with van der Waals surface area (Å²) in [5.74, 6) is 0. The normalized spacial score (nSPS) is 12.3. The van der Waals surface area contributed by atoms with Gasteiger partial charge in [-0.25, -0.2) is 0 Å². The van der Waals surface area contributed by atoms with Gasteiger partial charge in [0.05, 0.1) is 6.04 Å². The van der Waals surface area contributed by atoms with E-state index in [0.29, 0.717) is 0 Å². The lowest BCUT2D eigenvalue weighted by Crippen LogP contribution is -2.17. The van der Waals surface area contributed by atoms with Crippen molar-refractivity contribution in [3.63, 3.8) is 0 Å². The first-order valence-corrected chi connectivity index (χ1v) is 6.51. The van der Waals surface area contributed by atoms with Crippen molar-refractivity contribution in [3.8, 4) is 0 Å². The average Bonchev–Trinajstić information content (AvgIpc) is 2.43. The van der Waals surface area contributed by atoms with Gasteiger partial charge in [-0.15, -0.1) is 0 Å². The van der Waals surface area contributed by atoms with Crippen molar-refractivity contribution >= 4 is 0 Å². The third-order valence-corrected chi connectivity index (χ3v) is 3.16. The van der Waals surface area contributed by atoms with Crippen LogP contribution in [0, 0.1) is 0 Å². The lowest BCUT2D eigenvalue weighted by molar-refractivity contribution is 0.688. The van der Waals surface area contributed by atoms with Crippen LogP contribution in [0.1, 0.15) is 36.1 Å². The number of aryl methyl sites for hydroxylation is 1. The van der Waals surface area contributed by atoms with Gasteiger partial charge in [-0.1, -0.05) is 43.7 Å². The Kier molecular flexibility index (Phi) is 4.48. The smallest absolute Gasteiger partial charge is 0.0589 e. The van der Waals surface area contributed by atoms with Gasteiger partial charge in [0.1, 0.15) is 0 Å². The van der Waals surface area contributed by atoms with Gasteiger partial charge in [0.25, 0.3) is 0 Å². The van der Waals surface area contributed by atoms with Crippen molar-refractivity contribution < 1.29 is 0 Å². The molecule has 1 unspecified atom stereocenters. The summed E-state index contributed by atoms with van der Waals surface area (Å²) in [6, 6.07) is 13.2. The Balaban J connectivity index is 2.23. The zero-order valence-electron chi connectivity index (χ0n) is 11.1. The Morgan fingerprint density at radius 3 is 2.44 bits per heavy atom. The molecule has 18 heavy (non-hydrogen) atoms. The molecule has 0 aliphatic heterocycles. The van der Waals surface area contributed by atoms with Crippen molar-refractivity contribution in [1.82, 2.24) is 10.3 Å². The highest BCUT2D eigenvalue weighted by Gasteiger charge is 2.11. The molecule has 1 aromatic heterocycles. The van der Waals surface area contributed by atoms with E-state index in [-0.39, 0.29) is 6.04 Å². The van der Waals surface area contributed by atoms with Gasteiger partial charge in [-0.3, -0.25) is 4.98 Å². The van der Waals surface area contributed by atoms with Crippen molar-refractivity contribution in [1.29, 1.82) is 0 Å². The second-order valence-electron chi connectivity index (χ2n) is 4.50. The molecule has 0 saturated heterocycles. The zero-order valence-corrected chi connectivity index (χ0v) is 11.1. The number of hydrogen-bond acceptors (Lipinski definition) is 2. The maximum absolute atomic E-state index is 4.19. The van der Waals surface area contributed by atoms with E-state index in [1.54, 1.807) is 6.20 Å². The Hall–Kier alpha value is -1.67. The number of benzene rings is 1. The van der Waals surface area contributed by atoms with E-state index in [1.165, 1.54) is 23.1 Å². The Bertz CT molecular complexity index is 462. The van der Waals surface area contributed by atoms with Gasteiger partial charge in [-0.2, -0.15) is 0 Å². The fraction of sp³-hybridized carbons (Fsp3) is 0.312. The minimum atomic E-state index is 0.217. The monoisotopic (exact) mass is 240 g/mol. The molecule has 0 aliphatic carbocycles. The Labute approximate surface area is 109 Å². The molecule has 2 heteroatoms. The minimum Gasteiger partial charge on any atom is -0.309 e. The van der Waals surface area contributed by atoms with Crippen molar-refractivity contribution in [2.75, 3.05) is 7.05 Å². The summed E-state index contributed by atoms with van der Waals surface area (Å²) in [6.45, 7) is 2.21. The van der Waals surface area contributed by atoms with E-state index >= 15 is 0 Å². The molecule has 2 rings (SSSR count). The van der Waals surface area contributed by atoms with Crippen LogP contribution in [0.3, 0.4) is 0 Å². The molecule has 1 aromatic carbocycles. The maximum atomic E-state index is 4.19. The molecule has 2 aromatic rings. The Morgan fingerprint density at radius 1 is 1.11 bits per heavy atom. The fourth-order valence-electron chi connectivity index (χ4n) is 2.24. The summed E-state index contributed by atoms with van der Waals surface area (Å²) >= 11 is 0. The van der Waals surface area contributed by atoms with Crippen LogP contribution in [0.5, 0.6) is 0 Å². The molecule has 0 amide bonds. The summed E-state index contributed by atoms with van der Waals surface area (Å²) in [5, 5.41) is 3.35. The van der Waals surface area contributed by atoms with Gasteiger partial charge in [0.15, 0.2) is 0 Å². The third-order valence-electron chi connectivity index (χ3n) is 3.16. The lowest BCUT2D eigenvalue weighted by Gasteiger charge is -2.17. The van der Waals surface area contributed by atoms with Crippen LogP contribution in [0.2, 0.25) is 0 Å². The molecular formula is C16H20N2. The first-order chi connectivity index (χ1) is 8.85. The molecule has 1 atom stereocenters. The molecule has 0 spiro atoms.